The Morgan fingerprint density at radius 3 is 2.40 bits per heavy atom. The molecule has 4 rings (SSSR count). The number of nitrogens with one attached hydrogen (secondary N) is 1. The molecule has 0 aliphatic carbocycles. The summed E-state index contributed by atoms with van der Waals surface area (Å²) < 4.78 is 0. The van der Waals surface area contributed by atoms with E-state index in [9.17, 15) is 4.79 Å². The van der Waals surface area contributed by atoms with Crippen LogP contribution >= 0.6 is 11.8 Å². The Bertz CT molecular complexity index is 581. The largest absolute Gasteiger partial charge is 0.339 e. The van der Waals surface area contributed by atoms with Crippen molar-refractivity contribution in [3.05, 3.63) is 35.4 Å². The van der Waals surface area contributed by atoms with Gasteiger partial charge in [0.1, 0.15) is 0 Å². The molecule has 1 aromatic rings. The molecule has 1 N–H and O–H groups in total. The van der Waals surface area contributed by atoms with Crippen LogP contribution in [0.3, 0.4) is 0 Å². The molecule has 3 aliphatic rings. The van der Waals surface area contributed by atoms with Crippen LogP contribution < -0.4 is 5.32 Å². The lowest BCUT2D eigenvalue weighted by atomic mass is 9.78. The molecule has 0 saturated carbocycles. The molecule has 3 saturated heterocycles. The topological polar surface area (TPSA) is 35.6 Å². The van der Waals surface area contributed by atoms with Crippen LogP contribution in [0.4, 0.5) is 0 Å². The number of nitrogens with zero attached hydrogens (tertiary/aromatic N) is 2. The summed E-state index contributed by atoms with van der Waals surface area (Å²) in [5.41, 5.74) is 2.63. The van der Waals surface area contributed by atoms with Crippen LogP contribution in [0.15, 0.2) is 24.3 Å². The van der Waals surface area contributed by atoms with Gasteiger partial charge >= 0.3 is 0 Å². The summed E-state index contributed by atoms with van der Waals surface area (Å²) in [4.78, 5) is 17.4. The molecule has 1 amide bonds. The van der Waals surface area contributed by atoms with Gasteiger partial charge in [0.15, 0.2) is 0 Å². The van der Waals surface area contributed by atoms with Gasteiger partial charge in [-0.15, -0.1) is 0 Å². The van der Waals surface area contributed by atoms with Gasteiger partial charge in [0.05, 0.1) is 0 Å². The van der Waals surface area contributed by atoms with Gasteiger partial charge in [-0.25, -0.2) is 0 Å². The molecular weight excluding hydrogens is 330 g/mol. The second-order valence-corrected chi connectivity index (χ2v) is 9.03. The van der Waals surface area contributed by atoms with Crippen molar-refractivity contribution in [2.45, 2.75) is 25.8 Å². The number of carbonyl (C=O) groups is 1. The number of rotatable bonds is 3. The van der Waals surface area contributed by atoms with E-state index in [-0.39, 0.29) is 5.91 Å². The second kappa shape index (κ2) is 7.68. The SMILES string of the molecule is O=C(c1ccc(CN2CCSCC2)cc1)N1CCC2(CCNC2)CC1. The van der Waals surface area contributed by atoms with E-state index in [4.69, 9.17) is 0 Å². The van der Waals surface area contributed by atoms with Crippen molar-refractivity contribution in [2.75, 3.05) is 50.8 Å². The van der Waals surface area contributed by atoms with Crippen LogP contribution in [0.25, 0.3) is 0 Å². The van der Waals surface area contributed by atoms with Crippen LogP contribution in [-0.4, -0.2) is 66.5 Å². The lowest BCUT2D eigenvalue weighted by Crippen LogP contribution is -2.44. The van der Waals surface area contributed by atoms with E-state index in [2.05, 4.69) is 27.2 Å². The maximum Gasteiger partial charge on any atom is 0.253 e. The molecule has 3 aliphatic heterocycles. The van der Waals surface area contributed by atoms with Crippen LogP contribution in [-0.2, 0) is 6.54 Å². The number of likely N-dealkylation sites (tertiary alicyclic amines) is 1. The first kappa shape index (κ1) is 17.4. The fourth-order valence-corrected chi connectivity index (χ4v) is 5.34. The average molecular weight is 360 g/mol. The highest BCUT2D eigenvalue weighted by Gasteiger charge is 2.38. The monoisotopic (exact) mass is 359 g/mol. The molecule has 5 heteroatoms. The normalized spacial score (nSPS) is 23.9. The molecule has 136 valence electrons. The summed E-state index contributed by atoms with van der Waals surface area (Å²) in [5, 5.41) is 3.49. The number of carbonyl (C=O) groups excluding carboxylic acids is 1. The van der Waals surface area contributed by atoms with Crippen LogP contribution in [0.1, 0.15) is 35.2 Å². The Balaban J connectivity index is 1.33. The zero-order valence-electron chi connectivity index (χ0n) is 15.0. The smallest absolute Gasteiger partial charge is 0.253 e. The Labute approximate surface area is 155 Å². The van der Waals surface area contributed by atoms with Crippen molar-refractivity contribution < 1.29 is 4.79 Å². The highest BCUT2D eigenvalue weighted by Crippen LogP contribution is 2.37. The first-order valence-corrected chi connectivity index (χ1v) is 10.8. The van der Waals surface area contributed by atoms with Gasteiger partial charge in [-0.3, -0.25) is 9.69 Å². The molecule has 4 nitrogen and oxygen atoms in total. The Kier molecular flexibility index (Phi) is 5.34. The molecule has 3 heterocycles. The van der Waals surface area contributed by atoms with Gasteiger partial charge in [0.25, 0.3) is 5.91 Å². The lowest BCUT2D eigenvalue weighted by Gasteiger charge is -2.39. The van der Waals surface area contributed by atoms with Crippen LogP contribution in [0.5, 0.6) is 0 Å². The zero-order chi connectivity index (χ0) is 17.1. The predicted octanol–water partition coefficient (Wildman–Crippen LogP) is 2.45. The molecule has 0 aromatic heterocycles. The maximum absolute atomic E-state index is 12.8. The lowest BCUT2D eigenvalue weighted by molar-refractivity contribution is 0.0607. The third-order valence-electron chi connectivity index (χ3n) is 6.15. The molecule has 0 radical (unpaired) electrons. The van der Waals surface area contributed by atoms with Gasteiger partial charge < -0.3 is 10.2 Å². The third-order valence-corrected chi connectivity index (χ3v) is 7.10. The highest BCUT2D eigenvalue weighted by atomic mass is 32.2. The maximum atomic E-state index is 12.8. The summed E-state index contributed by atoms with van der Waals surface area (Å²) in [7, 11) is 0. The number of hydrogen-bond donors (Lipinski definition) is 1. The molecule has 0 atom stereocenters. The average Bonchev–Trinajstić information content (AvgIpc) is 3.11. The number of hydrogen-bond acceptors (Lipinski definition) is 4. The minimum atomic E-state index is 0.210. The summed E-state index contributed by atoms with van der Waals surface area (Å²) in [6, 6.07) is 8.33. The highest BCUT2D eigenvalue weighted by molar-refractivity contribution is 7.99. The minimum Gasteiger partial charge on any atom is -0.339 e. The molecular formula is C20H29N3OS. The molecule has 3 fully saturated rings. The summed E-state index contributed by atoms with van der Waals surface area (Å²) in [6.45, 7) is 7.46. The van der Waals surface area contributed by atoms with Crippen molar-refractivity contribution in [1.82, 2.24) is 15.1 Å². The number of piperidine rings is 1. The molecule has 0 unspecified atom stereocenters. The number of amides is 1. The van der Waals surface area contributed by atoms with Crippen molar-refractivity contribution >= 4 is 17.7 Å². The zero-order valence-corrected chi connectivity index (χ0v) is 15.8. The van der Waals surface area contributed by atoms with Crippen molar-refractivity contribution in [1.29, 1.82) is 0 Å². The molecule has 25 heavy (non-hydrogen) atoms. The summed E-state index contributed by atoms with van der Waals surface area (Å²) in [5.74, 6) is 2.69. The Morgan fingerprint density at radius 1 is 1.04 bits per heavy atom. The number of thioether (sulfide) groups is 1. The Morgan fingerprint density at radius 2 is 1.76 bits per heavy atom. The fraction of sp³-hybridized carbons (Fsp3) is 0.650. The molecule has 1 spiro atoms. The van der Waals surface area contributed by atoms with E-state index in [1.54, 1.807) is 0 Å². The van der Waals surface area contributed by atoms with E-state index in [1.807, 2.05) is 23.9 Å². The standard InChI is InChI=1S/C20H29N3OS/c24-19(23-9-6-20(7-10-23)5-8-21-16-20)18-3-1-17(2-4-18)15-22-11-13-25-14-12-22/h1-4,21H,5-16H2. The summed E-state index contributed by atoms with van der Waals surface area (Å²) in [6.07, 6.45) is 3.58. The van der Waals surface area contributed by atoms with Crippen molar-refractivity contribution in [2.24, 2.45) is 5.41 Å². The van der Waals surface area contributed by atoms with Crippen molar-refractivity contribution in [3.63, 3.8) is 0 Å². The van der Waals surface area contributed by atoms with Crippen LogP contribution in [0.2, 0.25) is 0 Å². The second-order valence-electron chi connectivity index (χ2n) is 7.80. The molecule has 1 aromatic carbocycles. The first-order chi connectivity index (χ1) is 12.2. The van der Waals surface area contributed by atoms with Gasteiger partial charge in [0, 0.05) is 56.3 Å². The van der Waals surface area contributed by atoms with E-state index in [1.165, 1.54) is 36.6 Å². The van der Waals surface area contributed by atoms with E-state index in [0.29, 0.717) is 5.41 Å². The third kappa shape index (κ3) is 4.04. The van der Waals surface area contributed by atoms with E-state index < -0.39 is 0 Å². The van der Waals surface area contributed by atoms with E-state index >= 15 is 0 Å². The predicted molar refractivity (Wildman–Crippen MR) is 104 cm³/mol. The van der Waals surface area contributed by atoms with Gasteiger partial charge in [-0.1, -0.05) is 12.1 Å². The van der Waals surface area contributed by atoms with Crippen molar-refractivity contribution in [3.8, 4) is 0 Å². The Hall–Kier alpha value is -1.04. The summed E-state index contributed by atoms with van der Waals surface area (Å²) >= 11 is 2.04. The minimum absolute atomic E-state index is 0.210. The fourth-order valence-electron chi connectivity index (χ4n) is 4.36. The van der Waals surface area contributed by atoms with Gasteiger partial charge in [-0.05, 0) is 48.9 Å². The number of benzene rings is 1. The molecule has 0 bridgehead atoms. The van der Waals surface area contributed by atoms with Gasteiger partial charge in [0.2, 0.25) is 0 Å². The quantitative estimate of drug-likeness (QED) is 0.899. The van der Waals surface area contributed by atoms with E-state index in [0.717, 1.165) is 51.1 Å². The first-order valence-electron chi connectivity index (χ1n) is 9.63. The van der Waals surface area contributed by atoms with Gasteiger partial charge in [-0.2, -0.15) is 11.8 Å². The van der Waals surface area contributed by atoms with Crippen LogP contribution in [0, 0.1) is 5.41 Å².